The quantitative estimate of drug-likeness (QED) is 0.696. The van der Waals surface area contributed by atoms with Gasteiger partial charge in [-0.05, 0) is 33.1 Å². The van der Waals surface area contributed by atoms with Gasteiger partial charge >= 0.3 is 0 Å². The highest BCUT2D eigenvalue weighted by molar-refractivity contribution is 9.11. The van der Waals surface area contributed by atoms with Crippen LogP contribution in [0.1, 0.15) is 33.1 Å². The summed E-state index contributed by atoms with van der Waals surface area (Å²) in [5, 5.41) is 0. The smallest absolute Gasteiger partial charge is 0.166 e. The Bertz CT molecular complexity index is 405. The Kier molecular flexibility index (Phi) is 4.18. The second kappa shape index (κ2) is 5.34. The summed E-state index contributed by atoms with van der Waals surface area (Å²) < 4.78 is 18.1. The minimum atomic E-state index is -0.601. The van der Waals surface area contributed by atoms with Gasteiger partial charge in [0.25, 0.3) is 0 Å². The summed E-state index contributed by atoms with van der Waals surface area (Å²) in [6.07, 6.45) is 5.02. The van der Waals surface area contributed by atoms with E-state index in [1.807, 2.05) is 13.8 Å². The fourth-order valence-electron chi connectivity index (χ4n) is 2.49. The lowest BCUT2D eigenvalue weighted by Gasteiger charge is -2.33. The van der Waals surface area contributed by atoms with Crippen molar-refractivity contribution in [2.45, 2.75) is 50.6 Å². The Morgan fingerprint density at radius 1 is 1.56 bits per heavy atom. The average Bonchev–Trinajstić information content (AvgIpc) is 2.56. The van der Waals surface area contributed by atoms with Crippen LogP contribution >= 0.6 is 15.9 Å². The van der Waals surface area contributed by atoms with E-state index in [0.29, 0.717) is 6.61 Å². The fourth-order valence-corrected chi connectivity index (χ4v) is 3.21. The first-order valence-electron chi connectivity index (χ1n) is 6.22. The maximum atomic E-state index is 6.15. The van der Waals surface area contributed by atoms with Crippen LogP contribution in [0.4, 0.5) is 0 Å². The van der Waals surface area contributed by atoms with Crippen molar-refractivity contribution >= 4 is 15.9 Å². The van der Waals surface area contributed by atoms with Crippen LogP contribution in [0.15, 0.2) is 10.6 Å². The second-order valence-corrected chi connectivity index (χ2v) is 5.94. The molecule has 1 saturated heterocycles. The van der Waals surface area contributed by atoms with E-state index in [-0.39, 0.29) is 6.10 Å². The topological polar surface area (TPSA) is 27.7 Å². The molecule has 1 heterocycles. The van der Waals surface area contributed by atoms with Gasteiger partial charge in [0, 0.05) is 11.6 Å². The first kappa shape index (κ1) is 14.1. The van der Waals surface area contributed by atoms with E-state index in [9.17, 15) is 0 Å². The number of hydrogen-bond acceptors (Lipinski definition) is 3. The van der Waals surface area contributed by atoms with Crippen LogP contribution in [0, 0.1) is 11.8 Å². The Labute approximate surface area is 117 Å². The highest BCUT2D eigenvalue weighted by atomic mass is 79.9. The van der Waals surface area contributed by atoms with Crippen molar-refractivity contribution in [3.63, 3.8) is 0 Å². The molecular formula is C14H19BrO3. The predicted molar refractivity (Wildman–Crippen MR) is 73.3 cm³/mol. The molecule has 4 heteroatoms. The molecule has 3 nitrogen and oxygen atoms in total. The van der Waals surface area contributed by atoms with Crippen LogP contribution in [-0.2, 0) is 14.2 Å². The summed E-state index contributed by atoms with van der Waals surface area (Å²) >= 11 is 3.63. The number of ether oxygens (including phenoxy) is 3. The third kappa shape index (κ3) is 2.65. The number of rotatable bonds is 1. The molecule has 0 N–H and O–H groups in total. The molecule has 1 aliphatic heterocycles. The molecule has 0 saturated carbocycles. The first-order chi connectivity index (χ1) is 8.50. The molecule has 1 fully saturated rings. The molecule has 1 aliphatic carbocycles. The minimum Gasteiger partial charge on any atom is -0.372 e. The Balaban J connectivity index is 2.29. The Hall–Kier alpha value is -0.340. The van der Waals surface area contributed by atoms with Gasteiger partial charge in [-0.2, -0.15) is 0 Å². The summed E-state index contributed by atoms with van der Waals surface area (Å²) in [7, 11) is 1.64. The zero-order chi connectivity index (χ0) is 13.2. The van der Waals surface area contributed by atoms with Crippen LogP contribution in [0.3, 0.4) is 0 Å². The predicted octanol–water partition coefficient (Wildman–Crippen LogP) is 2.99. The molecule has 0 radical (unpaired) electrons. The van der Waals surface area contributed by atoms with E-state index in [2.05, 4.69) is 33.8 Å². The molecule has 2 aliphatic rings. The molecule has 0 unspecified atom stereocenters. The maximum Gasteiger partial charge on any atom is 0.166 e. The third-order valence-electron chi connectivity index (χ3n) is 3.18. The summed E-state index contributed by atoms with van der Waals surface area (Å²) in [5.74, 6) is 5.52. The summed E-state index contributed by atoms with van der Waals surface area (Å²) in [6.45, 7) is 4.28. The van der Waals surface area contributed by atoms with E-state index in [1.54, 1.807) is 7.11 Å². The van der Waals surface area contributed by atoms with Crippen molar-refractivity contribution in [1.82, 2.24) is 0 Å². The molecule has 1 spiro atoms. The van der Waals surface area contributed by atoms with Crippen LogP contribution in [-0.4, -0.2) is 31.2 Å². The van der Waals surface area contributed by atoms with Crippen molar-refractivity contribution in [3.05, 3.63) is 10.6 Å². The molecule has 0 bridgehead atoms. The SMILES string of the molecule is COCC#C[C@@H]1OC(C)(C)O[C@@]12CCCC=C2Br. The van der Waals surface area contributed by atoms with Crippen LogP contribution in [0.5, 0.6) is 0 Å². The molecule has 0 aromatic heterocycles. The largest absolute Gasteiger partial charge is 0.372 e. The van der Waals surface area contributed by atoms with Crippen molar-refractivity contribution in [2.24, 2.45) is 0 Å². The monoisotopic (exact) mass is 314 g/mol. The van der Waals surface area contributed by atoms with Crippen molar-refractivity contribution < 1.29 is 14.2 Å². The van der Waals surface area contributed by atoms with Gasteiger partial charge in [-0.25, -0.2) is 0 Å². The van der Waals surface area contributed by atoms with Crippen molar-refractivity contribution in [3.8, 4) is 11.8 Å². The van der Waals surface area contributed by atoms with Crippen LogP contribution in [0.2, 0.25) is 0 Å². The summed E-state index contributed by atoms with van der Waals surface area (Å²) in [4.78, 5) is 0. The molecule has 0 aromatic carbocycles. The maximum absolute atomic E-state index is 6.15. The second-order valence-electron chi connectivity index (χ2n) is 5.09. The van der Waals surface area contributed by atoms with Crippen LogP contribution < -0.4 is 0 Å². The summed E-state index contributed by atoms with van der Waals surface area (Å²) in [5.41, 5.74) is -0.442. The summed E-state index contributed by atoms with van der Waals surface area (Å²) in [6, 6.07) is 0. The lowest BCUT2D eigenvalue weighted by Crippen LogP contribution is -2.41. The molecule has 18 heavy (non-hydrogen) atoms. The minimum absolute atomic E-state index is 0.242. The third-order valence-corrected chi connectivity index (χ3v) is 4.18. The van der Waals surface area contributed by atoms with Gasteiger partial charge in [-0.3, -0.25) is 0 Å². The molecule has 2 atom stereocenters. The van der Waals surface area contributed by atoms with Crippen molar-refractivity contribution in [2.75, 3.05) is 13.7 Å². The van der Waals surface area contributed by atoms with Crippen LogP contribution in [0.25, 0.3) is 0 Å². The van der Waals surface area contributed by atoms with Gasteiger partial charge in [0.1, 0.15) is 12.2 Å². The normalized spacial score (nSPS) is 34.0. The zero-order valence-electron chi connectivity index (χ0n) is 11.1. The molecule has 100 valence electrons. The van der Waals surface area contributed by atoms with Crippen molar-refractivity contribution in [1.29, 1.82) is 0 Å². The number of methoxy groups -OCH3 is 1. The lowest BCUT2D eigenvalue weighted by molar-refractivity contribution is -0.155. The van der Waals surface area contributed by atoms with Gasteiger partial charge < -0.3 is 14.2 Å². The average molecular weight is 315 g/mol. The molecule has 0 aromatic rings. The Morgan fingerprint density at radius 3 is 3.00 bits per heavy atom. The van der Waals surface area contributed by atoms with E-state index in [4.69, 9.17) is 14.2 Å². The molecule has 0 amide bonds. The van der Waals surface area contributed by atoms with Gasteiger partial charge in [0.2, 0.25) is 0 Å². The lowest BCUT2D eigenvalue weighted by atomic mass is 9.86. The zero-order valence-corrected chi connectivity index (χ0v) is 12.7. The van der Waals surface area contributed by atoms with Gasteiger partial charge in [-0.1, -0.05) is 33.8 Å². The van der Waals surface area contributed by atoms with E-state index >= 15 is 0 Å². The van der Waals surface area contributed by atoms with E-state index < -0.39 is 11.4 Å². The van der Waals surface area contributed by atoms with E-state index in [0.717, 1.165) is 23.7 Å². The number of allylic oxidation sites excluding steroid dienone is 1. The Morgan fingerprint density at radius 2 is 2.33 bits per heavy atom. The molecule has 2 rings (SSSR count). The van der Waals surface area contributed by atoms with Gasteiger partial charge in [-0.15, -0.1) is 0 Å². The number of halogens is 1. The van der Waals surface area contributed by atoms with Gasteiger partial charge in [0.15, 0.2) is 11.9 Å². The standard InChI is InChI=1S/C14H19BrO3/c1-13(2)17-12(8-6-10-16-3)14(18-13)9-5-4-7-11(14)15/h7,12H,4-5,9-10H2,1-3H3/t12-,14+/m0/s1. The first-order valence-corrected chi connectivity index (χ1v) is 7.01. The van der Waals surface area contributed by atoms with E-state index in [1.165, 1.54) is 0 Å². The highest BCUT2D eigenvalue weighted by Crippen LogP contribution is 2.48. The number of hydrogen-bond donors (Lipinski definition) is 0. The molecular weight excluding hydrogens is 296 g/mol. The highest BCUT2D eigenvalue weighted by Gasteiger charge is 2.54. The fraction of sp³-hybridized carbons (Fsp3) is 0.714. The van der Waals surface area contributed by atoms with Gasteiger partial charge in [0.05, 0.1) is 0 Å².